The first-order chi connectivity index (χ1) is 18.0. The first kappa shape index (κ1) is 22.8. The molecule has 1 fully saturated rings. The van der Waals surface area contributed by atoms with Crippen LogP contribution in [0.15, 0.2) is 73.1 Å². The first-order valence-corrected chi connectivity index (χ1v) is 12.1. The molecule has 1 amide bonds. The second-order valence-corrected chi connectivity index (χ2v) is 9.33. The molecule has 0 radical (unpaired) electrons. The first-order valence-electron chi connectivity index (χ1n) is 12.1. The fraction of sp³-hybridized carbons (Fsp3) is 0.179. The van der Waals surface area contributed by atoms with Crippen LogP contribution in [0.2, 0.25) is 0 Å². The molecular formula is C28H24FN7O. The molecular weight excluding hydrogens is 469 g/mol. The van der Waals surface area contributed by atoms with Gasteiger partial charge < -0.3 is 11.1 Å². The molecule has 0 saturated heterocycles. The van der Waals surface area contributed by atoms with Crippen molar-refractivity contribution in [2.75, 3.05) is 5.73 Å². The van der Waals surface area contributed by atoms with E-state index in [0.717, 1.165) is 10.9 Å². The Kier molecular flexibility index (Phi) is 5.60. The summed E-state index contributed by atoms with van der Waals surface area (Å²) < 4.78 is 16.6. The quantitative estimate of drug-likeness (QED) is 0.371. The average Bonchev–Trinajstić information content (AvgIpc) is 3.30. The number of aryl methyl sites for hydroxylation is 1. The highest BCUT2D eigenvalue weighted by molar-refractivity contribution is 6.07. The molecule has 0 bridgehead atoms. The number of pyridine rings is 2. The van der Waals surface area contributed by atoms with Crippen molar-refractivity contribution in [1.82, 2.24) is 30.0 Å². The van der Waals surface area contributed by atoms with Crippen LogP contribution in [0.25, 0.3) is 28.1 Å². The van der Waals surface area contributed by atoms with Gasteiger partial charge in [0.2, 0.25) is 0 Å². The van der Waals surface area contributed by atoms with Gasteiger partial charge in [0.1, 0.15) is 17.3 Å². The SMILES string of the molecule is Cc1ccc(-c2nnc([C@H]3C[C@H](NC(=O)c4cccc5c(N)ccnc45)C3)n2-c2ccccc2F)nc1. The highest BCUT2D eigenvalue weighted by Crippen LogP contribution is 2.39. The third-order valence-electron chi connectivity index (χ3n) is 6.81. The van der Waals surface area contributed by atoms with Crippen LogP contribution in [0.5, 0.6) is 0 Å². The Hall–Kier alpha value is -4.66. The van der Waals surface area contributed by atoms with Crippen molar-refractivity contribution in [2.24, 2.45) is 0 Å². The number of aromatic nitrogens is 5. The van der Waals surface area contributed by atoms with Gasteiger partial charge >= 0.3 is 0 Å². The minimum absolute atomic E-state index is 0.00195. The molecule has 0 atom stereocenters. The lowest BCUT2D eigenvalue weighted by atomic mass is 9.79. The number of hydrogen-bond acceptors (Lipinski definition) is 6. The monoisotopic (exact) mass is 493 g/mol. The molecule has 6 rings (SSSR count). The van der Waals surface area contributed by atoms with Crippen molar-refractivity contribution in [3.05, 3.63) is 95.8 Å². The van der Waals surface area contributed by atoms with Gasteiger partial charge in [0.25, 0.3) is 5.91 Å². The molecule has 9 heteroatoms. The summed E-state index contributed by atoms with van der Waals surface area (Å²) in [5, 5.41) is 12.7. The zero-order valence-electron chi connectivity index (χ0n) is 20.1. The summed E-state index contributed by atoms with van der Waals surface area (Å²) in [5.41, 5.74) is 9.68. The van der Waals surface area contributed by atoms with Crippen LogP contribution >= 0.6 is 0 Å². The Balaban J connectivity index is 1.26. The molecule has 5 aromatic rings. The van der Waals surface area contributed by atoms with E-state index in [0.29, 0.717) is 52.6 Å². The maximum atomic E-state index is 14.9. The van der Waals surface area contributed by atoms with Crippen molar-refractivity contribution in [3.63, 3.8) is 0 Å². The predicted molar refractivity (Wildman–Crippen MR) is 139 cm³/mol. The van der Waals surface area contributed by atoms with Crippen molar-refractivity contribution < 1.29 is 9.18 Å². The lowest BCUT2D eigenvalue weighted by molar-refractivity contribution is 0.0908. The van der Waals surface area contributed by atoms with Gasteiger partial charge in [-0.1, -0.05) is 30.3 Å². The van der Waals surface area contributed by atoms with Gasteiger partial charge in [-0.05, 0) is 55.7 Å². The Bertz CT molecular complexity index is 1620. The molecule has 3 aromatic heterocycles. The third kappa shape index (κ3) is 4.08. The van der Waals surface area contributed by atoms with Gasteiger partial charge in [-0.3, -0.25) is 19.3 Å². The molecule has 0 aliphatic heterocycles. The van der Waals surface area contributed by atoms with Crippen LogP contribution in [-0.4, -0.2) is 36.7 Å². The number of nitrogens with zero attached hydrogens (tertiary/aromatic N) is 5. The van der Waals surface area contributed by atoms with E-state index in [1.54, 1.807) is 53.4 Å². The number of halogens is 1. The Labute approximate surface area is 212 Å². The fourth-order valence-electron chi connectivity index (χ4n) is 4.79. The minimum atomic E-state index is -0.371. The number of anilines is 1. The Morgan fingerprint density at radius 1 is 1.03 bits per heavy atom. The number of benzene rings is 2. The summed E-state index contributed by atoms with van der Waals surface area (Å²) in [7, 11) is 0. The average molecular weight is 494 g/mol. The topological polar surface area (TPSA) is 112 Å². The highest BCUT2D eigenvalue weighted by atomic mass is 19.1. The van der Waals surface area contributed by atoms with Crippen LogP contribution < -0.4 is 11.1 Å². The maximum absolute atomic E-state index is 14.9. The van der Waals surface area contributed by atoms with E-state index in [1.165, 1.54) is 6.07 Å². The summed E-state index contributed by atoms with van der Waals surface area (Å²) in [4.78, 5) is 21.9. The van der Waals surface area contributed by atoms with Crippen LogP contribution in [0.1, 0.15) is 40.5 Å². The van der Waals surface area contributed by atoms with Crippen molar-refractivity contribution in [2.45, 2.75) is 31.7 Å². The smallest absolute Gasteiger partial charge is 0.253 e. The second-order valence-electron chi connectivity index (χ2n) is 9.33. The molecule has 3 heterocycles. The van der Waals surface area contributed by atoms with E-state index in [-0.39, 0.29) is 23.7 Å². The van der Waals surface area contributed by atoms with E-state index < -0.39 is 0 Å². The van der Waals surface area contributed by atoms with Gasteiger partial charge in [-0.2, -0.15) is 0 Å². The van der Waals surface area contributed by atoms with Crippen LogP contribution in [0, 0.1) is 12.7 Å². The number of nitrogens with two attached hydrogens (primary N) is 1. The minimum Gasteiger partial charge on any atom is -0.398 e. The normalized spacial score (nSPS) is 16.9. The van der Waals surface area contributed by atoms with Gasteiger partial charge in [-0.15, -0.1) is 10.2 Å². The molecule has 1 aliphatic rings. The number of nitrogens with one attached hydrogen (secondary N) is 1. The van der Waals surface area contributed by atoms with E-state index in [2.05, 4.69) is 25.5 Å². The zero-order chi connectivity index (χ0) is 25.5. The van der Waals surface area contributed by atoms with Crippen LogP contribution in [-0.2, 0) is 0 Å². The summed E-state index contributed by atoms with van der Waals surface area (Å²) in [6, 6.07) is 17.4. The summed E-state index contributed by atoms with van der Waals surface area (Å²) >= 11 is 0. The molecule has 8 nitrogen and oxygen atoms in total. The molecule has 3 N–H and O–H groups in total. The summed E-state index contributed by atoms with van der Waals surface area (Å²) in [5.74, 6) is 0.550. The number of carbonyl (C=O) groups excluding carboxylic acids is 1. The number of hydrogen-bond donors (Lipinski definition) is 2. The highest BCUT2D eigenvalue weighted by Gasteiger charge is 2.36. The number of rotatable bonds is 5. The van der Waals surface area contributed by atoms with Gasteiger partial charge in [0.15, 0.2) is 5.82 Å². The van der Waals surface area contributed by atoms with Gasteiger partial charge in [-0.25, -0.2) is 4.39 Å². The maximum Gasteiger partial charge on any atom is 0.253 e. The number of nitrogen functional groups attached to an aromatic ring is 1. The standard InChI is InChI=1S/C28H24FN7O/c1-16-9-10-23(32-15-16)27-35-34-26(36(27)24-8-3-2-7-21(24)29)17-13-18(14-17)33-28(37)20-6-4-5-19-22(30)11-12-31-25(19)20/h2-12,15,17-18H,13-14H2,1H3,(H2,30,31)(H,33,37)/t17-,18-. The number of carbonyl (C=O) groups is 1. The molecule has 0 unspecified atom stereocenters. The molecule has 1 saturated carbocycles. The number of para-hydroxylation sites is 2. The summed E-state index contributed by atoms with van der Waals surface area (Å²) in [6.07, 6.45) is 4.66. The molecule has 37 heavy (non-hydrogen) atoms. The van der Waals surface area contributed by atoms with Crippen molar-refractivity contribution >= 4 is 22.5 Å². The Morgan fingerprint density at radius 2 is 1.86 bits per heavy atom. The summed E-state index contributed by atoms with van der Waals surface area (Å²) in [6.45, 7) is 1.95. The molecule has 0 spiro atoms. The largest absolute Gasteiger partial charge is 0.398 e. The van der Waals surface area contributed by atoms with Crippen molar-refractivity contribution in [3.8, 4) is 17.2 Å². The third-order valence-corrected chi connectivity index (χ3v) is 6.81. The van der Waals surface area contributed by atoms with Crippen LogP contribution in [0.3, 0.4) is 0 Å². The molecule has 2 aromatic carbocycles. The number of fused-ring (bicyclic) bond motifs is 1. The number of amides is 1. The second kappa shape index (κ2) is 9.09. The van der Waals surface area contributed by atoms with Gasteiger partial charge in [0, 0.05) is 35.4 Å². The lowest BCUT2D eigenvalue weighted by Gasteiger charge is -2.35. The van der Waals surface area contributed by atoms with E-state index in [4.69, 9.17) is 5.73 Å². The predicted octanol–water partition coefficient (Wildman–Crippen LogP) is 4.58. The zero-order valence-corrected chi connectivity index (χ0v) is 20.1. The molecule has 1 aliphatic carbocycles. The molecule has 184 valence electrons. The van der Waals surface area contributed by atoms with E-state index in [9.17, 15) is 9.18 Å². The van der Waals surface area contributed by atoms with E-state index in [1.807, 2.05) is 25.1 Å². The van der Waals surface area contributed by atoms with Gasteiger partial charge in [0.05, 0.1) is 16.8 Å². The van der Waals surface area contributed by atoms with Crippen LogP contribution in [0.4, 0.5) is 10.1 Å². The fourth-order valence-corrected chi connectivity index (χ4v) is 4.79. The lowest BCUT2D eigenvalue weighted by Crippen LogP contribution is -2.44. The van der Waals surface area contributed by atoms with Crippen molar-refractivity contribution in [1.29, 1.82) is 0 Å². The van der Waals surface area contributed by atoms with E-state index >= 15 is 0 Å². The Morgan fingerprint density at radius 3 is 2.65 bits per heavy atom.